The van der Waals surface area contributed by atoms with Crippen molar-refractivity contribution < 1.29 is 5.11 Å². The first-order valence-electron chi connectivity index (χ1n) is 4.04. The lowest BCUT2D eigenvalue weighted by Gasteiger charge is -2.14. The Labute approximate surface area is 72.6 Å². The maximum Gasteiger partial charge on any atom is 0.0585 e. The molecule has 1 saturated heterocycles. The molecule has 0 aromatic rings. The highest BCUT2D eigenvalue weighted by molar-refractivity contribution is 7.99. The van der Waals surface area contributed by atoms with Crippen molar-refractivity contribution in [1.29, 1.82) is 0 Å². The third-order valence-corrected chi connectivity index (χ3v) is 3.28. The number of hydrogen-bond donors (Lipinski definition) is 1. The molecular weight excluding hydrogens is 156 g/mol. The average molecular weight is 170 g/mol. The van der Waals surface area contributed by atoms with Crippen LogP contribution in [0.5, 0.6) is 0 Å². The number of terminal acetylenes is 1. The van der Waals surface area contributed by atoms with Crippen LogP contribution in [0.15, 0.2) is 0 Å². The second-order valence-electron chi connectivity index (χ2n) is 2.93. The van der Waals surface area contributed by atoms with E-state index in [4.69, 9.17) is 6.42 Å². The molecule has 0 aliphatic carbocycles. The standard InChI is InChI=1S/C9H14OS/c1-2-3-4-9(10)8-5-6-11-7-8/h1,8-10H,3-7H2. The summed E-state index contributed by atoms with van der Waals surface area (Å²) >= 11 is 1.93. The highest BCUT2D eigenvalue weighted by Gasteiger charge is 2.22. The molecule has 2 atom stereocenters. The van der Waals surface area contributed by atoms with E-state index < -0.39 is 0 Å². The summed E-state index contributed by atoms with van der Waals surface area (Å²) in [6, 6.07) is 0. The lowest BCUT2D eigenvalue weighted by atomic mass is 9.98. The molecule has 11 heavy (non-hydrogen) atoms. The van der Waals surface area contributed by atoms with Crippen molar-refractivity contribution in [3.8, 4) is 12.3 Å². The topological polar surface area (TPSA) is 20.2 Å². The molecule has 2 unspecified atom stereocenters. The zero-order valence-corrected chi connectivity index (χ0v) is 7.44. The Morgan fingerprint density at radius 1 is 1.73 bits per heavy atom. The SMILES string of the molecule is C#CCCC(O)C1CCSC1. The molecule has 62 valence electrons. The van der Waals surface area contributed by atoms with E-state index in [-0.39, 0.29) is 6.10 Å². The summed E-state index contributed by atoms with van der Waals surface area (Å²) in [4.78, 5) is 0. The number of hydrogen-bond acceptors (Lipinski definition) is 2. The van der Waals surface area contributed by atoms with Crippen LogP contribution >= 0.6 is 11.8 Å². The van der Waals surface area contributed by atoms with Gasteiger partial charge in [-0.25, -0.2) is 0 Å². The van der Waals surface area contributed by atoms with Gasteiger partial charge in [0, 0.05) is 6.42 Å². The molecule has 0 spiro atoms. The average Bonchev–Trinajstić information content (AvgIpc) is 2.52. The molecule has 0 aromatic heterocycles. The van der Waals surface area contributed by atoms with Crippen LogP contribution in [-0.2, 0) is 0 Å². The van der Waals surface area contributed by atoms with E-state index in [1.165, 1.54) is 5.75 Å². The van der Waals surface area contributed by atoms with Gasteiger partial charge in [0.15, 0.2) is 0 Å². The first-order valence-corrected chi connectivity index (χ1v) is 5.19. The van der Waals surface area contributed by atoms with E-state index >= 15 is 0 Å². The number of aliphatic hydroxyl groups excluding tert-OH is 1. The van der Waals surface area contributed by atoms with E-state index in [2.05, 4.69) is 5.92 Å². The summed E-state index contributed by atoms with van der Waals surface area (Å²) in [5.41, 5.74) is 0. The van der Waals surface area contributed by atoms with Gasteiger partial charge < -0.3 is 5.11 Å². The lowest BCUT2D eigenvalue weighted by Crippen LogP contribution is -2.19. The van der Waals surface area contributed by atoms with Crippen LogP contribution in [0.3, 0.4) is 0 Å². The Morgan fingerprint density at radius 3 is 3.09 bits per heavy atom. The van der Waals surface area contributed by atoms with Gasteiger partial charge >= 0.3 is 0 Å². The highest BCUT2D eigenvalue weighted by atomic mass is 32.2. The molecule has 1 aliphatic heterocycles. The lowest BCUT2D eigenvalue weighted by molar-refractivity contribution is 0.113. The van der Waals surface area contributed by atoms with Gasteiger partial charge in [0.1, 0.15) is 0 Å². The number of aliphatic hydroxyl groups is 1. The fraction of sp³-hybridized carbons (Fsp3) is 0.778. The largest absolute Gasteiger partial charge is 0.393 e. The molecule has 1 rings (SSSR count). The summed E-state index contributed by atoms with van der Waals surface area (Å²) in [7, 11) is 0. The van der Waals surface area contributed by atoms with Crippen LogP contribution in [-0.4, -0.2) is 22.7 Å². The van der Waals surface area contributed by atoms with Gasteiger partial charge in [0.25, 0.3) is 0 Å². The molecule has 1 fully saturated rings. The zero-order valence-electron chi connectivity index (χ0n) is 6.62. The molecule has 0 radical (unpaired) electrons. The first-order chi connectivity index (χ1) is 5.34. The first kappa shape index (κ1) is 8.96. The Hall–Kier alpha value is -0.130. The van der Waals surface area contributed by atoms with E-state index in [1.807, 2.05) is 11.8 Å². The highest BCUT2D eigenvalue weighted by Crippen LogP contribution is 2.27. The van der Waals surface area contributed by atoms with Gasteiger partial charge in [-0.15, -0.1) is 12.3 Å². The Bertz CT molecular complexity index is 144. The van der Waals surface area contributed by atoms with Crippen LogP contribution in [0.1, 0.15) is 19.3 Å². The van der Waals surface area contributed by atoms with E-state index in [0.717, 1.165) is 18.6 Å². The molecule has 0 bridgehead atoms. The normalized spacial score (nSPS) is 26.4. The Morgan fingerprint density at radius 2 is 2.55 bits per heavy atom. The summed E-state index contributed by atoms with van der Waals surface area (Å²) in [5.74, 6) is 5.39. The fourth-order valence-corrected chi connectivity index (χ4v) is 2.65. The Balaban J connectivity index is 2.18. The minimum atomic E-state index is -0.152. The second kappa shape index (κ2) is 4.69. The minimum Gasteiger partial charge on any atom is -0.393 e. The van der Waals surface area contributed by atoms with Gasteiger partial charge in [0.05, 0.1) is 6.10 Å². The fourth-order valence-electron chi connectivity index (χ4n) is 1.32. The van der Waals surface area contributed by atoms with Gasteiger partial charge in [-0.3, -0.25) is 0 Å². The van der Waals surface area contributed by atoms with E-state index in [9.17, 15) is 5.11 Å². The van der Waals surface area contributed by atoms with Crippen molar-refractivity contribution in [1.82, 2.24) is 0 Å². The van der Waals surface area contributed by atoms with Crippen molar-refractivity contribution in [2.24, 2.45) is 5.92 Å². The Kier molecular flexibility index (Phi) is 3.82. The monoisotopic (exact) mass is 170 g/mol. The van der Waals surface area contributed by atoms with Gasteiger partial charge in [-0.2, -0.15) is 11.8 Å². The van der Waals surface area contributed by atoms with Gasteiger partial charge in [0.2, 0.25) is 0 Å². The van der Waals surface area contributed by atoms with E-state index in [1.54, 1.807) is 0 Å². The quantitative estimate of drug-likeness (QED) is 0.648. The van der Waals surface area contributed by atoms with Crippen molar-refractivity contribution >= 4 is 11.8 Å². The summed E-state index contributed by atoms with van der Waals surface area (Å²) < 4.78 is 0. The predicted molar refractivity (Wildman–Crippen MR) is 49.5 cm³/mol. The molecule has 0 saturated carbocycles. The molecule has 0 amide bonds. The molecule has 2 heteroatoms. The molecule has 1 N–H and O–H groups in total. The van der Waals surface area contributed by atoms with Gasteiger partial charge in [-0.1, -0.05) is 0 Å². The summed E-state index contributed by atoms with van der Waals surface area (Å²) in [6.45, 7) is 0. The number of thioether (sulfide) groups is 1. The smallest absolute Gasteiger partial charge is 0.0585 e. The number of rotatable bonds is 3. The third kappa shape index (κ3) is 2.76. The maximum absolute atomic E-state index is 9.57. The zero-order chi connectivity index (χ0) is 8.10. The van der Waals surface area contributed by atoms with Crippen LogP contribution in [0, 0.1) is 18.3 Å². The minimum absolute atomic E-state index is 0.152. The van der Waals surface area contributed by atoms with Crippen molar-refractivity contribution in [3.05, 3.63) is 0 Å². The second-order valence-corrected chi connectivity index (χ2v) is 4.08. The molecular formula is C9H14OS. The summed E-state index contributed by atoms with van der Waals surface area (Å²) in [6.07, 6.45) is 7.61. The van der Waals surface area contributed by atoms with Crippen LogP contribution < -0.4 is 0 Å². The van der Waals surface area contributed by atoms with Crippen molar-refractivity contribution in [2.75, 3.05) is 11.5 Å². The predicted octanol–water partition coefficient (Wildman–Crippen LogP) is 1.51. The van der Waals surface area contributed by atoms with Crippen LogP contribution in [0.25, 0.3) is 0 Å². The summed E-state index contributed by atoms with van der Waals surface area (Å²) in [5, 5.41) is 9.57. The third-order valence-electron chi connectivity index (χ3n) is 2.09. The molecule has 1 aliphatic rings. The van der Waals surface area contributed by atoms with Crippen LogP contribution in [0.2, 0.25) is 0 Å². The van der Waals surface area contributed by atoms with Gasteiger partial charge in [-0.05, 0) is 30.3 Å². The van der Waals surface area contributed by atoms with Crippen LogP contribution in [0.4, 0.5) is 0 Å². The van der Waals surface area contributed by atoms with Crippen molar-refractivity contribution in [2.45, 2.75) is 25.4 Å². The van der Waals surface area contributed by atoms with E-state index in [0.29, 0.717) is 12.3 Å². The molecule has 1 heterocycles. The molecule has 1 nitrogen and oxygen atoms in total. The van der Waals surface area contributed by atoms with Crippen molar-refractivity contribution in [3.63, 3.8) is 0 Å². The molecule has 0 aromatic carbocycles. The maximum atomic E-state index is 9.57.